The van der Waals surface area contributed by atoms with Crippen molar-refractivity contribution < 1.29 is 4.74 Å². The number of nitrogens with zero attached hydrogens (tertiary/aromatic N) is 2. The van der Waals surface area contributed by atoms with Crippen molar-refractivity contribution in [3.05, 3.63) is 0 Å². The first-order valence-corrected chi connectivity index (χ1v) is 4.83. The molecule has 0 amide bonds. The van der Waals surface area contributed by atoms with E-state index in [1.165, 1.54) is 0 Å². The van der Waals surface area contributed by atoms with E-state index in [0.29, 0.717) is 18.5 Å². The average Bonchev–Trinajstić information content (AvgIpc) is 2.15. The van der Waals surface area contributed by atoms with E-state index in [2.05, 4.69) is 29.2 Å². The van der Waals surface area contributed by atoms with Crippen LogP contribution < -0.4 is 11.3 Å². The predicted molar refractivity (Wildman–Crippen MR) is 59.0 cm³/mol. The van der Waals surface area contributed by atoms with Crippen molar-refractivity contribution >= 4 is 5.96 Å². The SMILES string of the molecule is CN=C(NN)N(CCOC)CC(C)C. The second-order valence-electron chi connectivity index (χ2n) is 3.52. The van der Waals surface area contributed by atoms with E-state index >= 15 is 0 Å². The van der Waals surface area contributed by atoms with Crippen LogP contribution in [0.1, 0.15) is 13.8 Å². The van der Waals surface area contributed by atoms with Crippen LogP contribution in [0, 0.1) is 5.92 Å². The predicted octanol–water partition coefficient (Wildman–Crippen LogP) is 0.0399. The fourth-order valence-corrected chi connectivity index (χ4v) is 1.22. The topological polar surface area (TPSA) is 62.9 Å². The van der Waals surface area contributed by atoms with E-state index in [0.717, 1.165) is 13.1 Å². The third-order valence-electron chi connectivity index (χ3n) is 1.79. The van der Waals surface area contributed by atoms with Gasteiger partial charge < -0.3 is 9.64 Å². The lowest BCUT2D eigenvalue weighted by Gasteiger charge is -2.26. The molecule has 0 saturated carbocycles. The summed E-state index contributed by atoms with van der Waals surface area (Å²) in [4.78, 5) is 6.14. The highest BCUT2D eigenvalue weighted by molar-refractivity contribution is 5.79. The zero-order valence-corrected chi connectivity index (χ0v) is 9.58. The molecule has 0 radical (unpaired) electrons. The van der Waals surface area contributed by atoms with Gasteiger partial charge in [0.15, 0.2) is 0 Å². The standard InChI is InChI=1S/C9H22N4O/c1-8(2)7-13(5-6-14-4)9(11-3)12-10/h8H,5-7,10H2,1-4H3,(H,11,12). The molecule has 0 aromatic heterocycles. The summed E-state index contributed by atoms with van der Waals surface area (Å²) in [7, 11) is 3.40. The maximum Gasteiger partial charge on any atom is 0.208 e. The van der Waals surface area contributed by atoms with E-state index in [1.807, 2.05) is 0 Å². The Morgan fingerprint density at radius 2 is 2.21 bits per heavy atom. The van der Waals surface area contributed by atoms with Crippen LogP contribution in [0.3, 0.4) is 0 Å². The Balaban J connectivity index is 4.21. The number of ether oxygens (including phenoxy) is 1. The van der Waals surface area contributed by atoms with Crippen molar-refractivity contribution in [1.82, 2.24) is 10.3 Å². The molecule has 84 valence electrons. The van der Waals surface area contributed by atoms with Crippen molar-refractivity contribution in [3.63, 3.8) is 0 Å². The number of aliphatic imine (C=N–C) groups is 1. The molecule has 0 aromatic carbocycles. The maximum absolute atomic E-state index is 5.37. The van der Waals surface area contributed by atoms with Crippen LogP contribution in [-0.2, 0) is 4.74 Å². The molecule has 5 heteroatoms. The molecule has 0 unspecified atom stereocenters. The number of hydrazine groups is 1. The van der Waals surface area contributed by atoms with Crippen molar-refractivity contribution in [2.45, 2.75) is 13.8 Å². The summed E-state index contributed by atoms with van der Waals surface area (Å²) in [5, 5.41) is 0. The summed E-state index contributed by atoms with van der Waals surface area (Å²) in [5.41, 5.74) is 2.59. The summed E-state index contributed by atoms with van der Waals surface area (Å²) in [6, 6.07) is 0. The highest BCUT2D eigenvalue weighted by atomic mass is 16.5. The smallest absolute Gasteiger partial charge is 0.208 e. The van der Waals surface area contributed by atoms with E-state index in [-0.39, 0.29) is 0 Å². The van der Waals surface area contributed by atoms with Crippen molar-refractivity contribution in [1.29, 1.82) is 0 Å². The fourth-order valence-electron chi connectivity index (χ4n) is 1.22. The molecule has 0 bridgehead atoms. The molecular formula is C9H22N4O. The summed E-state index contributed by atoms with van der Waals surface area (Å²) in [6.07, 6.45) is 0. The lowest BCUT2D eigenvalue weighted by Crippen LogP contribution is -2.47. The van der Waals surface area contributed by atoms with Crippen LogP contribution in [0.2, 0.25) is 0 Å². The van der Waals surface area contributed by atoms with Crippen LogP contribution in [0.5, 0.6) is 0 Å². The van der Waals surface area contributed by atoms with Crippen LogP contribution in [-0.4, -0.2) is 44.7 Å². The Morgan fingerprint density at radius 3 is 2.57 bits per heavy atom. The lowest BCUT2D eigenvalue weighted by molar-refractivity contribution is 0.170. The summed E-state index contributed by atoms with van der Waals surface area (Å²) in [5.74, 6) is 6.64. The van der Waals surface area contributed by atoms with Gasteiger partial charge in [0.25, 0.3) is 0 Å². The zero-order valence-electron chi connectivity index (χ0n) is 9.58. The Kier molecular flexibility index (Phi) is 7.14. The number of nitrogens with one attached hydrogen (secondary N) is 1. The Hall–Kier alpha value is -0.810. The molecule has 0 aliphatic heterocycles. The van der Waals surface area contributed by atoms with Gasteiger partial charge >= 0.3 is 0 Å². The first-order chi connectivity index (χ1) is 6.65. The summed E-state index contributed by atoms with van der Waals surface area (Å²) < 4.78 is 5.03. The minimum absolute atomic E-state index is 0.567. The minimum Gasteiger partial charge on any atom is -0.383 e. The normalized spacial score (nSPS) is 12.0. The van der Waals surface area contributed by atoms with Crippen LogP contribution >= 0.6 is 0 Å². The molecule has 14 heavy (non-hydrogen) atoms. The van der Waals surface area contributed by atoms with Gasteiger partial charge in [-0.25, -0.2) is 5.84 Å². The Labute approximate surface area is 86.3 Å². The largest absolute Gasteiger partial charge is 0.383 e. The monoisotopic (exact) mass is 202 g/mol. The van der Waals surface area contributed by atoms with Crippen LogP contribution in [0.25, 0.3) is 0 Å². The van der Waals surface area contributed by atoms with Crippen LogP contribution in [0.15, 0.2) is 4.99 Å². The van der Waals surface area contributed by atoms with Gasteiger partial charge in [-0.1, -0.05) is 13.8 Å². The van der Waals surface area contributed by atoms with E-state index in [1.54, 1.807) is 14.2 Å². The summed E-state index contributed by atoms with van der Waals surface area (Å²) >= 11 is 0. The van der Waals surface area contributed by atoms with Gasteiger partial charge in [-0.3, -0.25) is 10.4 Å². The fraction of sp³-hybridized carbons (Fsp3) is 0.889. The first-order valence-electron chi connectivity index (χ1n) is 4.83. The first kappa shape index (κ1) is 13.2. The molecule has 0 rings (SSSR count). The molecule has 0 spiro atoms. The third kappa shape index (κ3) is 5.04. The average molecular weight is 202 g/mol. The van der Waals surface area contributed by atoms with Gasteiger partial charge in [0.05, 0.1) is 6.61 Å². The molecule has 5 nitrogen and oxygen atoms in total. The van der Waals surface area contributed by atoms with Gasteiger partial charge in [-0.15, -0.1) is 0 Å². The molecule has 0 saturated heterocycles. The molecule has 0 fully saturated rings. The van der Waals surface area contributed by atoms with Gasteiger partial charge in [-0.2, -0.15) is 0 Å². The minimum atomic E-state index is 0.567. The van der Waals surface area contributed by atoms with Crippen molar-refractivity contribution in [2.24, 2.45) is 16.8 Å². The summed E-state index contributed by atoms with van der Waals surface area (Å²) in [6.45, 7) is 6.70. The molecule has 0 heterocycles. The number of nitrogens with two attached hydrogens (primary N) is 1. The second-order valence-corrected chi connectivity index (χ2v) is 3.52. The highest BCUT2D eigenvalue weighted by Crippen LogP contribution is 1.98. The zero-order chi connectivity index (χ0) is 11.0. The second kappa shape index (κ2) is 7.58. The number of methoxy groups -OCH3 is 1. The maximum atomic E-state index is 5.37. The number of guanidine groups is 1. The molecule has 3 N–H and O–H groups in total. The van der Waals surface area contributed by atoms with Gasteiger partial charge in [-0.05, 0) is 5.92 Å². The highest BCUT2D eigenvalue weighted by Gasteiger charge is 2.10. The van der Waals surface area contributed by atoms with E-state index < -0.39 is 0 Å². The van der Waals surface area contributed by atoms with Crippen molar-refractivity contribution in [2.75, 3.05) is 33.9 Å². The molecule has 0 aromatic rings. The quantitative estimate of drug-likeness (QED) is 0.286. The Morgan fingerprint density at radius 1 is 1.57 bits per heavy atom. The van der Waals surface area contributed by atoms with E-state index in [9.17, 15) is 0 Å². The van der Waals surface area contributed by atoms with Gasteiger partial charge in [0.2, 0.25) is 5.96 Å². The van der Waals surface area contributed by atoms with Crippen molar-refractivity contribution in [3.8, 4) is 0 Å². The van der Waals surface area contributed by atoms with Crippen LogP contribution in [0.4, 0.5) is 0 Å². The van der Waals surface area contributed by atoms with E-state index in [4.69, 9.17) is 10.6 Å². The molecule has 0 aliphatic carbocycles. The molecule has 0 aliphatic rings. The number of hydrogen-bond acceptors (Lipinski definition) is 3. The van der Waals surface area contributed by atoms with Gasteiger partial charge in [0, 0.05) is 27.2 Å². The third-order valence-corrected chi connectivity index (χ3v) is 1.79. The van der Waals surface area contributed by atoms with Gasteiger partial charge in [0.1, 0.15) is 0 Å². The number of rotatable bonds is 5. The number of hydrogen-bond donors (Lipinski definition) is 2. The molecule has 0 atom stereocenters. The Bertz CT molecular complexity index is 170. The molecular weight excluding hydrogens is 180 g/mol. The lowest BCUT2D eigenvalue weighted by atomic mass is 10.2.